The van der Waals surface area contributed by atoms with Gasteiger partial charge in [-0.1, -0.05) is 78.9 Å². The van der Waals surface area contributed by atoms with Crippen molar-refractivity contribution in [3.05, 3.63) is 114 Å². The summed E-state index contributed by atoms with van der Waals surface area (Å²) in [7, 11) is 0. The molecular weight excluding hydrogens is 397 g/mol. The van der Waals surface area contributed by atoms with Crippen molar-refractivity contribution in [3.63, 3.8) is 0 Å². The summed E-state index contributed by atoms with van der Waals surface area (Å²) in [6.45, 7) is 1.89. The van der Waals surface area contributed by atoms with Gasteiger partial charge in [0.2, 0.25) is 0 Å². The zero-order valence-corrected chi connectivity index (χ0v) is 17.5. The first-order valence-corrected chi connectivity index (χ1v) is 9.93. The fraction of sp³-hybridized carbons (Fsp3) is 0.154. The average molecular weight is 422 g/mol. The lowest BCUT2D eigenvalue weighted by Crippen LogP contribution is -2.18. The Labute approximate surface area is 183 Å². The molecule has 0 aliphatic rings. The molecule has 0 amide bonds. The lowest BCUT2D eigenvalue weighted by Gasteiger charge is -2.15. The standard InChI is InChI=1S/C26H24FNO.ClH/c27-25-13-7-5-11-22(25)16-17-28-18-24-23-12-6-4-10-21(23)14-15-26(24)29-19-20-8-2-1-3-9-20;/h1-15,28H,16-19H2;1H. The second-order valence-corrected chi connectivity index (χ2v) is 7.06. The Bertz CT molecular complexity index is 1080. The van der Waals surface area contributed by atoms with Crippen LogP contribution in [0.5, 0.6) is 5.75 Å². The lowest BCUT2D eigenvalue weighted by molar-refractivity contribution is 0.303. The molecule has 0 saturated heterocycles. The maximum absolute atomic E-state index is 13.8. The number of hydrogen-bond acceptors (Lipinski definition) is 2. The van der Waals surface area contributed by atoms with Gasteiger partial charge in [0.05, 0.1) is 0 Å². The molecule has 0 aliphatic carbocycles. The number of benzene rings is 4. The van der Waals surface area contributed by atoms with E-state index in [1.165, 1.54) is 16.8 Å². The van der Waals surface area contributed by atoms with Gasteiger partial charge in [0, 0.05) is 12.1 Å². The van der Waals surface area contributed by atoms with E-state index in [1.807, 2.05) is 48.5 Å². The summed E-state index contributed by atoms with van der Waals surface area (Å²) >= 11 is 0. The molecule has 4 rings (SSSR count). The van der Waals surface area contributed by atoms with Crippen LogP contribution >= 0.6 is 12.4 Å². The van der Waals surface area contributed by atoms with Gasteiger partial charge in [0.1, 0.15) is 18.2 Å². The molecule has 0 aromatic heterocycles. The van der Waals surface area contributed by atoms with Crippen molar-refractivity contribution in [2.75, 3.05) is 6.54 Å². The summed E-state index contributed by atoms with van der Waals surface area (Å²) in [6.07, 6.45) is 0.650. The van der Waals surface area contributed by atoms with E-state index in [0.717, 1.165) is 22.4 Å². The van der Waals surface area contributed by atoms with Crippen LogP contribution in [-0.4, -0.2) is 6.54 Å². The molecule has 4 heteroatoms. The van der Waals surface area contributed by atoms with Gasteiger partial charge in [-0.2, -0.15) is 0 Å². The molecule has 4 aromatic rings. The molecule has 0 heterocycles. The van der Waals surface area contributed by atoms with Crippen molar-refractivity contribution in [3.8, 4) is 5.75 Å². The average Bonchev–Trinajstić information content (AvgIpc) is 2.77. The Kier molecular flexibility index (Phi) is 7.83. The predicted octanol–water partition coefficient (Wildman–Crippen LogP) is 6.31. The minimum absolute atomic E-state index is 0. The number of hydrogen-bond donors (Lipinski definition) is 1. The fourth-order valence-corrected chi connectivity index (χ4v) is 3.51. The van der Waals surface area contributed by atoms with Crippen molar-refractivity contribution < 1.29 is 9.13 Å². The maximum Gasteiger partial charge on any atom is 0.126 e. The van der Waals surface area contributed by atoms with Crippen molar-refractivity contribution in [1.82, 2.24) is 5.32 Å². The molecule has 0 bridgehead atoms. The highest BCUT2D eigenvalue weighted by Gasteiger charge is 2.09. The van der Waals surface area contributed by atoms with Gasteiger partial charge >= 0.3 is 0 Å². The quantitative estimate of drug-likeness (QED) is 0.336. The van der Waals surface area contributed by atoms with E-state index in [2.05, 4.69) is 35.6 Å². The molecule has 0 unspecified atom stereocenters. The van der Waals surface area contributed by atoms with Crippen molar-refractivity contribution in [1.29, 1.82) is 0 Å². The van der Waals surface area contributed by atoms with E-state index in [9.17, 15) is 4.39 Å². The number of fused-ring (bicyclic) bond motifs is 1. The van der Waals surface area contributed by atoms with Gasteiger partial charge in [-0.3, -0.25) is 0 Å². The van der Waals surface area contributed by atoms with Crippen molar-refractivity contribution in [2.24, 2.45) is 0 Å². The van der Waals surface area contributed by atoms with Crippen LogP contribution in [0.3, 0.4) is 0 Å². The summed E-state index contributed by atoms with van der Waals surface area (Å²) in [5.74, 6) is 0.734. The Balaban J connectivity index is 0.00000256. The Hall–Kier alpha value is -2.88. The van der Waals surface area contributed by atoms with Crippen LogP contribution in [-0.2, 0) is 19.6 Å². The topological polar surface area (TPSA) is 21.3 Å². The highest BCUT2D eigenvalue weighted by atomic mass is 35.5. The smallest absolute Gasteiger partial charge is 0.126 e. The highest BCUT2D eigenvalue weighted by molar-refractivity contribution is 5.87. The molecule has 0 radical (unpaired) electrons. The summed E-state index contributed by atoms with van der Waals surface area (Å²) < 4.78 is 20.0. The second kappa shape index (κ2) is 10.8. The Morgan fingerprint density at radius 1 is 0.767 bits per heavy atom. The number of nitrogens with one attached hydrogen (secondary N) is 1. The molecule has 4 aromatic carbocycles. The van der Waals surface area contributed by atoms with Crippen LogP contribution < -0.4 is 10.1 Å². The molecule has 0 spiro atoms. The van der Waals surface area contributed by atoms with Gasteiger partial charge in [-0.15, -0.1) is 12.4 Å². The molecule has 0 fully saturated rings. The van der Waals surface area contributed by atoms with Gasteiger partial charge in [0.15, 0.2) is 0 Å². The van der Waals surface area contributed by atoms with Gasteiger partial charge in [0.25, 0.3) is 0 Å². The largest absolute Gasteiger partial charge is 0.489 e. The molecule has 0 atom stereocenters. The molecule has 0 aliphatic heterocycles. The van der Waals surface area contributed by atoms with Crippen LogP contribution in [0, 0.1) is 5.82 Å². The number of halogens is 2. The van der Waals surface area contributed by atoms with Gasteiger partial charge < -0.3 is 10.1 Å². The van der Waals surface area contributed by atoms with Crippen LogP contribution in [0.1, 0.15) is 16.7 Å². The Morgan fingerprint density at radius 3 is 2.33 bits per heavy atom. The lowest BCUT2D eigenvalue weighted by atomic mass is 10.0. The second-order valence-electron chi connectivity index (χ2n) is 7.06. The van der Waals surface area contributed by atoms with E-state index < -0.39 is 0 Å². The van der Waals surface area contributed by atoms with E-state index >= 15 is 0 Å². The highest BCUT2D eigenvalue weighted by Crippen LogP contribution is 2.28. The maximum atomic E-state index is 13.8. The molecule has 1 N–H and O–H groups in total. The first-order valence-electron chi connectivity index (χ1n) is 9.93. The third kappa shape index (κ3) is 5.38. The SMILES string of the molecule is Cl.Fc1ccccc1CCNCc1c(OCc2ccccc2)ccc2ccccc12. The Morgan fingerprint density at radius 2 is 1.50 bits per heavy atom. The van der Waals surface area contributed by atoms with E-state index in [0.29, 0.717) is 26.1 Å². The normalized spacial score (nSPS) is 10.6. The molecular formula is C26H25ClFNO. The molecule has 30 heavy (non-hydrogen) atoms. The summed E-state index contributed by atoms with van der Waals surface area (Å²) in [6, 6.07) is 29.6. The minimum Gasteiger partial charge on any atom is -0.489 e. The summed E-state index contributed by atoms with van der Waals surface area (Å²) in [4.78, 5) is 0. The summed E-state index contributed by atoms with van der Waals surface area (Å²) in [5.41, 5.74) is 3.00. The molecule has 154 valence electrons. The monoisotopic (exact) mass is 421 g/mol. The van der Waals surface area contributed by atoms with Gasteiger partial charge in [-0.05, 0) is 47.0 Å². The van der Waals surface area contributed by atoms with Crippen molar-refractivity contribution >= 4 is 23.2 Å². The van der Waals surface area contributed by atoms with E-state index in [1.54, 1.807) is 6.07 Å². The van der Waals surface area contributed by atoms with Crippen LogP contribution in [0.15, 0.2) is 91.0 Å². The fourth-order valence-electron chi connectivity index (χ4n) is 3.51. The molecule has 0 saturated carbocycles. The first-order chi connectivity index (χ1) is 14.3. The van der Waals surface area contributed by atoms with Crippen LogP contribution in [0.4, 0.5) is 4.39 Å². The van der Waals surface area contributed by atoms with E-state index in [4.69, 9.17) is 4.74 Å². The number of ether oxygens (including phenoxy) is 1. The zero-order valence-electron chi connectivity index (χ0n) is 16.7. The van der Waals surface area contributed by atoms with E-state index in [-0.39, 0.29) is 18.2 Å². The zero-order chi connectivity index (χ0) is 19.9. The first kappa shape index (κ1) is 21.8. The third-order valence-corrected chi connectivity index (χ3v) is 5.07. The predicted molar refractivity (Wildman–Crippen MR) is 124 cm³/mol. The van der Waals surface area contributed by atoms with Gasteiger partial charge in [-0.25, -0.2) is 4.39 Å². The minimum atomic E-state index is -0.147. The third-order valence-electron chi connectivity index (χ3n) is 5.07. The van der Waals surface area contributed by atoms with Crippen LogP contribution in [0.25, 0.3) is 10.8 Å². The molecule has 2 nitrogen and oxygen atoms in total. The summed E-state index contributed by atoms with van der Waals surface area (Å²) in [5, 5.41) is 5.82. The number of rotatable bonds is 8. The van der Waals surface area contributed by atoms with Crippen LogP contribution in [0.2, 0.25) is 0 Å². The van der Waals surface area contributed by atoms with Crippen molar-refractivity contribution in [2.45, 2.75) is 19.6 Å².